The molecule has 2 heterocycles. The van der Waals surface area contributed by atoms with E-state index in [0.717, 1.165) is 42.2 Å². The Morgan fingerprint density at radius 2 is 2.06 bits per heavy atom. The molecule has 3 heteroatoms. The Bertz CT molecular complexity index is 433. The first-order valence-corrected chi connectivity index (χ1v) is 6.86. The fourth-order valence-corrected chi connectivity index (χ4v) is 1.70. The van der Waals surface area contributed by atoms with E-state index in [1.165, 1.54) is 6.42 Å². The average Bonchev–Trinajstić information content (AvgIpc) is 2.86. The van der Waals surface area contributed by atoms with Crippen molar-refractivity contribution in [3.05, 3.63) is 29.9 Å². The van der Waals surface area contributed by atoms with Gasteiger partial charge < -0.3 is 0 Å². The zero-order chi connectivity index (χ0) is 13.4. The summed E-state index contributed by atoms with van der Waals surface area (Å²) >= 11 is 0. The lowest BCUT2D eigenvalue weighted by atomic mass is 10.2. The lowest BCUT2D eigenvalue weighted by Crippen LogP contribution is -1.97. The summed E-state index contributed by atoms with van der Waals surface area (Å²) < 4.78 is 0. The van der Waals surface area contributed by atoms with Gasteiger partial charge in [0.25, 0.3) is 0 Å². The molecule has 0 N–H and O–H groups in total. The smallest absolute Gasteiger partial charge is 0.129 e. The molecule has 1 aromatic heterocycles. The van der Waals surface area contributed by atoms with Crippen molar-refractivity contribution < 1.29 is 0 Å². The largest absolute Gasteiger partial charge is 0.256 e. The minimum atomic E-state index is 0.931. The summed E-state index contributed by atoms with van der Waals surface area (Å²) in [7, 11) is 0. The molecule has 1 aliphatic rings. The Hall–Kier alpha value is -1.51. The summed E-state index contributed by atoms with van der Waals surface area (Å²) in [4.78, 5) is 13.3. The Morgan fingerprint density at radius 1 is 1.28 bits per heavy atom. The molecule has 2 rings (SSSR count). The first-order valence-electron chi connectivity index (χ1n) is 6.86. The summed E-state index contributed by atoms with van der Waals surface area (Å²) in [5, 5.41) is 0. The Balaban J connectivity index is 0.000000771. The number of hydrogen-bond donors (Lipinski definition) is 0. The van der Waals surface area contributed by atoms with Gasteiger partial charge in [0.1, 0.15) is 5.82 Å². The molecule has 0 aliphatic carbocycles. The van der Waals surface area contributed by atoms with E-state index >= 15 is 0 Å². The SMILES string of the molecule is CC.CCCCc1nccc(C2=CCC(C)=N2)n1. The quantitative estimate of drug-likeness (QED) is 0.802. The van der Waals surface area contributed by atoms with Crippen LogP contribution in [0.2, 0.25) is 0 Å². The van der Waals surface area contributed by atoms with Crippen LogP contribution in [0.3, 0.4) is 0 Å². The molecule has 1 aliphatic heterocycles. The highest BCUT2D eigenvalue weighted by Crippen LogP contribution is 2.20. The van der Waals surface area contributed by atoms with Crippen molar-refractivity contribution >= 4 is 11.4 Å². The van der Waals surface area contributed by atoms with Crippen LogP contribution in [0.1, 0.15) is 58.5 Å². The van der Waals surface area contributed by atoms with Crippen molar-refractivity contribution in [3.8, 4) is 0 Å². The van der Waals surface area contributed by atoms with Crippen molar-refractivity contribution in [2.75, 3.05) is 0 Å². The van der Waals surface area contributed by atoms with Crippen LogP contribution in [-0.4, -0.2) is 15.7 Å². The number of hydrogen-bond acceptors (Lipinski definition) is 3. The molecule has 1 aromatic rings. The van der Waals surface area contributed by atoms with Gasteiger partial charge >= 0.3 is 0 Å². The summed E-state index contributed by atoms with van der Waals surface area (Å²) in [5.41, 5.74) is 3.11. The number of aromatic nitrogens is 2. The monoisotopic (exact) mass is 245 g/mol. The summed E-state index contributed by atoms with van der Waals surface area (Å²) in [6.07, 6.45) is 8.18. The Morgan fingerprint density at radius 3 is 2.67 bits per heavy atom. The van der Waals surface area contributed by atoms with Crippen LogP contribution in [0, 0.1) is 0 Å². The first kappa shape index (κ1) is 14.6. The van der Waals surface area contributed by atoms with Gasteiger partial charge in [-0.2, -0.15) is 0 Å². The fourth-order valence-electron chi connectivity index (χ4n) is 1.70. The fraction of sp³-hybridized carbons (Fsp3) is 0.533. The maximum absolute atomic E-state index is 4.54. The number of nitrogens with zero attached hydrogens (tertiary/aromatic N) is 3. The second kappa shape index (κ2) is 7.75. The minimum absolute atomic E-state index is 0.931. The van der Waals surface area contributed by atoms with E-state index in [2.05, 4.69) is 28.0 Å². The maximum Gasteiger partial charge on any atom is 0.129 e. The van der Waals surface area contributed by atoms with Gasteiger partial charge in [-0.15, -0.1) is 0 Å². The van der Waals surface area contributed by atoms with E-state index in [1.807, 2.05) is 33.0 Å². The van der Waals surface area contributed by atoms with Crippen LogP contribution >= 0.6 is 0 Å². The number of unbranched alkanes of at least 4 members (excludes halogenated alkanes) is 1. The Labute approximate surface area is 110 Å². The van der Waals surface area contributed by atoms with E-state index in [1.54, 1.807) is 0 Å². The predicted octanol–water partition coefficient (Wildman–Crippen LogP) is 4.05. The highest BCUT2D eigenvalue weighted by molar-refractivity contribution is 5.93. The molecule has 0 unspecified atom stereocenters. The van der Waals surface area contributed by atoms with Crippen LogP contribution in [-0.2, 0) is 6.42 Å². The second-order valence-electron chi connectivity index (χ2n) is 4.10. The van der Waals surface area contributed by atoms with Crippen LogP contribution in [0.4, 0.5) is 0 Å². The zero-order valence-corrected chi connectivity index (χ0v) is 11.9. The van der Waals surface area contributed by atoms with Gasteiger partial charge in [0.05, 0.1) is 11.4 Å². The number of aryl methyl sites for hydroxylation is 1. The van der Waals surface area contributed by atoms with E-state index in [-0.39, 0.29) is 0 Å². The molecule has 0 spiro atoms. The zero-order valence-electron chi connectivity index (χ0n) is 11.9. The maximum atomic E-state index is 4.54. The lowest BCUT2D eigenvalue weighted by molar-refractivity contribution is 0.750. The molecule has 0 fully saturated rings. The van der Waals surface area contributed by atoms with Crippen molar-refractivity contribution in [3.63, 3.8) is 0 Å². The van der Waals surface area contributed by atoms with Crippen LogP contribution in [0.5, 0.6) is 0 Å². The number of rotatable bonds is 4. The topological polar surface area (TPSA) is 38.1 Å². The van der Waals surface area contributed by atoms with Gasteiger partial charge in [-0.1, -0.05) is 33.3 Å². The Kier molecular flexibility index (Phi) is 6.26. The lowest BCUT2D eigenvalue weighted by Gasteiger charge is -2.02. The number of aliphatic imine (C=N–C) groups is 1. The third-order valence-corrected chi connectivity index (χ3v) is 2.62. The minimum Gasteiger partial charge on any atom is -0.256 e. The molecule has 0 radical (unpaired) electrons. The van der Waals surface area contributed by atoms with E-state index < -0.39 is 0 Å². The van der Waals surface area contributed by atoms with Crippen molar-refractivity contribution in [2.24, 2.45) is 4.99 Å². The van der Waals surface area contributed by atoms with E-state index in [0.29, 0.717) is 0 Å². The highest BCUT2D eigenvalue weighted by Gasteiger charge is 2.09. The van der Waals surface area contributed by atoms with Gasteiger partial charge in [-0.05, 0) is 19.4 Å². The molecule has 0 amide bonds. The first-order chi connectivity index (χ1) is 8.79. The predicted molar refractivity (Wildman–Crippen MR) is 77.7 cm³/mol. The van der Waals surface area contributed by atoms with E-state index in [9.17, 15) is 0 Å². The molecule has 98 valence electrons. The van der Waals surface area contributed by atoms with Gasteiger partial charge in [0.2, 0.25) is 0 Å². The molecular weight excluding hydrogens is 222 g/mol. The molecule has 0 saturated heterocycles. The van der Waals surface area contributed by atoms with Gasteiger partial charge in [-0.25, -0.2) is 9.97 Å². The molecule has 0 aromatic carbocycles. The number of allylic oxidation sites excluding steroid dienone is 1. The van der Waals surface area contributed by atoms with Gasteiger partial charge in [0, 0.05) is 24.8 Å². The van der Waals surface area contributed by atoms with Crippen molar-refractivity contribution in [1.82, 2.24) is 9.97 Å². The standard InChI is InChI=1S/C13H17N3.C2H6/c1-3-4-5-13-14-9-8-12(16-13)11-7-6-10(2)15-11;1-2/h7-9H,3-6H2,1-2H3;1-2H3. The van der Waals surface area contributed by atoms with Crippen LogP contribution in [0.15, 0.2) is 23.3 Å². The van der Waals surface area contributed by atoms with E-state index in [4.69, 9.17) is 0 Å². The van der Waals surface area contributed by atoms with Gasteiger partial charge in [-0.3, -0.25) is 4.99 Å². The molecule has 0 saturated carbocycles. The van der Waals surface area contributed by atoms with Crippen LogP contribution in [0.25, 0.3) is 5.70 Å². The third kappa shape index (κ3) is 4.06. The average molecular weight is 245 g/mol. The van der Waals surface area contributed by atoms with Gasteiger partial charge in [0.15, 0.2) is 0 Å². The molecule has 0 atom stereocenters. The third-order valence-electron chi connectivity index (χ3n) is 2.62. The summed E-state index contributed by atoms with van der Waals surface area (Å²) in [6.45, 7) is 8.22. The molecular formula is C15H23N3. The normalized spacial score (nSPS) is 13.6. The second-order valence-corrected chi connectivity index (χ2v) is 4.10. The van der Waals surface area contributed by atoms with Crippen molar-refractivity contribution in [1.29, 1.82) is 0 Å². The van der Waals surface area contributed by atoms with Crippen molar-refractivity contribution in [2.45, 2.75) is 53.4 Å². The molecule has 0 bridgehead atoms. The summed E-state index contributed by atoms with van der Waals surface area (Å²) in [6, 6.07) is 1.93. The molecule has 3 nitrogen and oxygen atoms in total. The highest BCUT2D eigenvalue weighted by atomic mass is 14.9. The van der Waals surface area contributed by atoms with Crippen LogP contribution < -0.4 is 0 Å². The molecule has 18 heavy (non-hydrogen) atoms. The summed E-state index contributed by atoms with van der Waals surface area (Å²) in [5.74, 6) is 0.931.